The van der Waals surface area contributed by atoms with E-state index in [1.165, 1.54) is 0 Å². The van der Waals surface area contributed by atoms with E-state index in [-0.39, 0.29) is 17.2 Å². The highest BCUT2D eigenvalue weighted by atomic mass is 32.1. The third-order valence-electron chi connectivity index (χ3n) is 0.988. The number of thiol groups is 1. The van der Waals surface area contributed by atoms with E-state index in [0.717, 1.165) is 0 Å². The highest BCUT2D eigenvalue weighted by Crippen LogP contribution is 1.92. The zero-order valence-electron chi connectivity index (χ0n) is 6.09. The molecule has 0 saturated carbocycles. The standard InChI is InChI=1S/C7H11NOS/c1-4-5(2)8-7(9)6(3)10/h1,5-6,10H,2-3H3,(H,8,9). The van der Waals surface area contributed by atoms with Crippen molar-refractivity contribution in [2.75, 3.05) is 0 Å². The van der Waals surface area contributed by atoms with Crippen LogP contribution in [0.25, 0.3) is 0 Å². The molecule has 0 aliphatic heterocycles. The normalized spacial score (nSPS) is 15.0. The molecule has 0 aliphatic carbocycles. The van der Waals surface area contributed by atoms with Gasteiger partial charge in [-0.3, -0.25) is 4.79 Å². The van der Waals surface area contributed by atoms with Crippen LogP contribution in [0.5, 0.6) is 0 Å². The molecule has 2 atom stereocenters. The molecule has 0 rings (SSSR count). The lowest BCUT2D eigenvalue weighted by molar-refractivity contribution is -0.120. The molecule has 2 unspecified atom stereocenters. The highest BCUT2D eigenvalue weighted by Gasteiger charge is 2.08. The minimum Gasteiger partial charge on any atom is -0.342 e. The largest absolute Gasteiger partial charge is 0.342 e. The van der Waals surface area contributed by atoms with Gasteiger partial charge in [-0.15, -0.1) is 6.42 Å². The van der Waals surface area contributed by atoms with E-state index in [0.29, 0.717) is 0 Å². The second-order valence-corrected chi connectivity index (χ2v) is 2.85. The predicted molar refractivity (Wildman–Crippen MR) is 44.9 cm³/mol. The number of nitrogens with one attached hydrogen (secondary N) is 1. The predicted octanol–water partition coefficient (Wildman–Crippen LogP) is 0.443. The van der Waals surface area contributed by atoms with Crippen LogP contribution in [0.2, 0.25) is 0 Å². The maximum atomic E-state index is 10.8. The smallest absolute Gasteiger partial charge is 0.233 e. The molecule has 0 aromatic carbocycles. The summed E-state index contributed by atoms with van der Waals surface area (Å²) >= 11 is 3.93. The first kappa shape index (κ1) is 9.38. The van der Waals surface area contributed by atoms with Gasteiger partial charge in [-0.25, -0.2) is 0 Å². The molecular weight excluding hydrogens is 146 g/mol. The molecule has 0 aromatic rings. The summed E-state index contributed by atoms with van der Waals surface area (Å²) in [4.78, 5) is 10.8. The fourth-order valence-corrected chi connectivity index (χ4v) is 0.450. The van der Waals surface area contributed by atoms with Crippen LogP contribution in [0.1, 0.15) is 13.8 Å². The van der Waals surface area contributed by atoms with E-state index in [4.69, 9.17) is 6.42 Å². The molecule has 1 amide bonds. The lowest BCUT2D eigenvalue weighted by Gasteiger charge is -2.08. The summed E-state index contributed by atoms with van der Waals surface area (Å²) < 4.78 is 0. The first-order valence-corrected chi connectivity index (χ1v) is 3.54. The second kappa shape index (κ2) is 4.24. The average molecular weight is 157 g/mol. The first-order chi connectivity index (χ1) is 4.57. The third kappa shape index (κ3) is 3.41. The maximum absolute atomic E-state index is 10.8. The Morgan fingerprint density at radius 2 is 2.20 bits per heavy atom. The van der Waals surface area contributed by atoms with Crippen molar-refractivity contribution in [2.24, 2.45) is 0 Å². The number of terminal acetylenes is 1. The van der Waals surface area contributed by atoms with Crippen molar-refractivity contribution in [3.05, 3.63) is 0 Å². The van der Waals surface area contributed by atoms with Crippen LogP contribution in [0.3, 0.4) is 0 Å². The van der Waals surface area contributed by atoms with Crippen LogP contribution in [-0.4, -0.2) is 17.2 Å². The molecule has 1 N–H and O–H groups in total. The lowest BCUT2D eigenvalue weighted by atomic mass is 10.3. The van der Waals surface area contributed by atoms with Gasteiger partial charge in [0.05, 0.1) is 11.3 Å². The SMILES string of the molecule is C#CC(C)NC(=O)C(C)S. The molecular formula is C7H11NOS. The van der Waals surface area contributed by atoms with Crippen LogP contribution in [0.15, 0.2) is 0 Å². The topological polar surface area (TPSA) is 29.1 Å². The second-order valence-electron chi connectivity index (χ2n) is 2.07. The number of carbonyl (C=O) groups excluding carboxylic acids is 1. The quantitative estimate of drug-likeness (QED) is 0.442. The summed E-state index contributed by atoms with van der Waals surface area (Å²) in [5.74, 6) is 2.25. The minimum atomic E-state index is -0.296. The van der Waals surface area contributed by atoms with E-state index in [1.807, 2.05) is 0 Å². The summed E-state index contributed by atoms with van der Waals surface area (Å²) in [7, 11) is 0. The molecule has 0 spiro atoms. The third-order valence-corrected chi connectivity index (χ3v) is 1.22. The van der Waals surface area contributed by atoms with Crippen LogP contribution in [0, 0.1) is 12.3 Å². The van der Waals surface area contributed by atoms with E-state index < -0.39 is 0 Å². The highest BCUT2D eigenvalue weighted by molar-refractivity contribution is 7.81. The zero-order valence-corrected chi connectivity index (χ0v) is 6.98. The van der Waals surface area contributed by atoms with Gasteiger partial charge in [0.25, 0.3) is 0 Å². The molecule has 0 radical (unpaired) electrons. The van der Waals surface area contributed by atoms with E-state index in [9.17, 15) is 4.79 Å². The Balaban J connectivity index is 3.71. The first-order valence-electron chi connectivity index (χ1n) is 3.02. The molecule has 0 aromatic heterocycles. The van der Waals surface area contributed by atoms with Crippen molar-refractivity contribution < 1.29 is 4.79 Å². The monoisotopic (exact) mass is 157 g/mol. The van der Waals surface area contributed by atoms with Gasteiger partial charge >= 0.3 is 0 Å². The molecule has 3 heteroatoms. The van der Waals surface area contributed by atoms with E-state index >= 15 is 0 Å². The number of hydrogen-bond donors (Lipinski definition) is 2. The summed E-state index contributed by atoms with van der Waals surface area (Å²) in [5, 5.41) is 2.28. The van der Waals surface area contributed by atoms with Crippen molar-refractivity contribution in [1.82, 2.24) is 5.32 Å². The summed E-state index contributed by atoms with van der Waals surface area (Å²) in [6.45, 7) is 3.44. The summed E-state index contributed by atoms with van der Waals surface area (Å²) in [5.41, 5.74) is 0. The van der Waals surface area contributed by atoms with Crippen molar-refractivity contribution in [1.29, 1.82) is 0 Å². The van der Waals surface area contributed by atoms with Crippen LogP contribution < -0.4 is 5.32 Å². The van der Waals surface area contributed by atoms with E-state index in [1.54, 1.807) is 13.8 Å². The molecule has 0 saturated heterocycles. The Labute approximate surface area is 66.8 Å². The number of amides is 1. The van der Waals surface area contributed by atoms with Gasteiger partial charge in [0.15, 0.2) is 0 Å². The Morgan fingerprint density at radius 3 is 2.50 bits per heavy atom. The minimum absolute atomic E-state index is 0.131. The number of carbonyl (C=O) groups is 1. The molecule has 0 heterocycles. The Hall–Kier alpha value is -0.620. The molecule has 56 valence electrons. The molecule has 0 bridgehead atoms. The summed E-state index contributed by atoms with van der Waals surface area (Å²) in [6.07, 6.45) is 5.03. The van der Waals surface area contributed by atoms with Crippen molar-refractivity contribution in [3.63, 3.8) is 0 Å². The van der Waals surface area contributed by atoms with Gasteiger partial charge < -0.3 is 5.32 Å². The van der Waals surface area contributed by atoms with Gasteiger partial charge in [0.1, 0.15) is 0 Å². The molecule has 10 heavy (non-hydrogen) atoms. The molecule has 0 aliphatic rings. The lowest BCUT2D eigenvalue weighted by Crippen LogP contribution is -2.35. The number of hydrogen-bond acceptors (Lipinski definition) is 2. The van der Waals surface area contributed by atoms with Crippen LogP contribution >= 0.6 is 12.6 Å². The van der Waals surface area contributed by atoms with E-state index in [2.05, 4.69) is 23.9 Å². The Morgan fingerprint density at radius 1 is 1.70 bits per heavy atom. The van der Waals surface area contributed by atoms with Crippen molar-refractivity contribution >= 4 is 18.5 Å². The van der Waals surface area contributed by atoms with Gasteiger partial charge in [0, 0.05) is 0 Å². The zero-order chi connectivity index (χ0) is 8.15. The van der Waals surface area contributed by atoms with Gasteiger partial charge in [-0.05, 0) is 13.8 Å². The van der Waals surface area contributed by atoms with Crippen molar-refractivity contribution in [2.45, 2.75) is 25.1 Å². The van der Waals surface area contributed by atoms with Gasteiger partial charge in [-0.2, -0.15) is 12.6 Å². The van der Waals surface area contributed by atoms with Crippen LogP contribution in [-0.2, 0) is 4.79 Å². The Bertz CT molecular complexity index is 159. The average Bonchev–Trinajstić information content (AvgIpc) is 1.87. The van der Waals surface area contributed by atoms with Crippen molar-refractivity contribution in [3.8, 4) is 12.3 Å². The fourth-order valence-electron chi connectivity index (χ4n) is 0.376. The molecule has 0 fully saturated rings. The number of rotatable bonds is 2. The maximum Gasteiger partial charge on any atom is 0.233 e. The Kier molecular flexibility index (Phi) is 3.97. The van der Waals surface area contributed by atoms with Gasteiger partial charge in [-0.1, -0.05) is 5.92 Å². The van der Waals surface area contributed by atoms with Crippen LogP contribution in [0.4, 0.5) is 0 Å². The fraction of sp³-hybridized carbons (Fsp3) is 0.571. The molecule has 2 nitrogen and oxygen atoms in total. The summed E-state index contributed by atoms with van der Waals surface area (Å²) in [6, 6.07) is -0.206. The van der Waals surface area contributed by atoms with Gasteiger partial charge in [0.2, 0.25) is 5.91 Å².